The third-order valence-corrected chi connectivity index (χ3v) is 3.08. The summed E-state index contributed by atoms with van der Waals surface area (Å²) in [5, 5.41) is 0. The zero-order valence-corrected chi connectivity index (χ0v) is 9.69. The quantitative estimate of drug-likeness (QED) is 0.580. The minimum Gasteiger partial charge on any atom is -0.358 e. The van der Waals surface area contributed by atoms with Crippen LogP contribution in [0.3, 0.4) is 0 Å². The molecule has 0 spiro atoms. The van der Waals surface area contributed by atoms with Crippen molar-refractivity contribution in [2.75, 3.05) is 0 Å². The summed E-state index contributed by atoms with van der Waals surface area (Å²) >= 11 is 0. The van der Waals surface area contributed by atoms with Gasteiger partial charge in [-0.1, -0.05) is 39.0 Å². The van der Waals surface area contributed by atoms with Gasteiger partial charge in [-0.15, -0.1) is 0 Å². The van der Waals surface area contributed by atoms with E-state index in [1.54, 1.807) is 0 Å². The van der Waals surface area contributed by atoms with Crippen LogP contribution in [0.25, 0.3) is 0 Å². The standard InChI is InChI=1S/C10H19.CH3.Co/c1-4-9-7-5-6-8-10(9,2)3;;/h9H,1,4-8H2,2-3H3;1H3;/q2*-1;+2. The van der Waals surface area contributed by atoms with E-state index in [-0.39, 0.29) is 24.2 Å². The molecule has 0 aliphatic heterocycles. The van der Waals surface area contributed by atoms with E-state index in [0.29, 0.717) is 5.41 Å². The van der Waals surface area contributed by atoms with Gasteiger partial charge < -0.3 is 14.4 Å². The van der Waals surface area contributed by atoms with E-state index < -0.39 is 0 Å². The third-order valence-electron chi connectivity index (χ3n) is 3.08. The maximum absolute atomic E-state index is 4.00. The van der Waals surface area contributed by atoms with Gasteiger partial charge in [0.25, 0.3) is 0 Å². The van der Waals surface area contributed by atoms with Crippen molar-refractivity contribution in [1.82, 2.24) is 0 Å². The molecule has 1 atom stereocenters. The van der Waals surface area contributed by atoms with Crippen molar-refractivity contribution in [2.45, 2.75) is 46.0 Å². The first kappa shape index (κ1) is 15.0. The predicted octanol–water partition coefficient (Wildman–Crippen LogP) is 3.87. The number of hydrogen-bond acceptors (Lipinski definition) is 0. The topological polar surface area (TPSA) is 0 Å². The van der Waals surface area contributed by atoms with Crippen LogP contribution < -0.4 is 0 Å². The van der Waals surface area contributed by atoms with Crippen LogP contribution in [-0.4, -0.2) is 0 Å². The fraction of sp³-hybridized carbons (Fsp3) is 0.818. The molecule has 75 valence electrons. The molecule has 0 amide bonds. The normalized spacial score (nSPS) is 26.8. The van der Waals surface area contributed by atoms with Gasteiger partial charge in [-0.25, -0.2) is 0 Å². The van der Waals surface area contributed by atoms with Gasteiger partial charge in [-0.2, -0.15) is 6.42 Å². The van der Waals surface area contributed by atoms with E-state index in [0.717, 1.165) is 12.3 Å². The van der Waals surface area contributed by atoms with Crippen molar-refractivity contribution >= 4 is 0 Å². The Bertz CT molecular complexity index is 108. The maximum Gasteiger partial charge on any atom is 2.00 e. The van der Waals surface area contributed by atoms with Crippen molar-refractivity contribution in [2.24, 2.45) is 11.3 Å². The Hall–Kier alpha value is 0.506. The predicted molar refractivity (Wildman–Crippen MR) is 52.1 cm³/mol. The Morgan fingerprint density at radius 3 is 2.25 bits per heavy atom. The second-order valence-corrected chi connectivity index (χ2v) is 4.22. The molecule has 12 heavy (non-hydrogen) atoms. The molecule has 0 aromatic rings. The van der Waals surface area contributed by atoms with Crippen molar-refractivity contribution in [3.8, 4) is 0 Å². The van der Waals surface area contributed by atoms with E-state index in [1.165, 1.54) is 25.7 Å². The molecule has 1 saturated carbocycles. The molecule has 1 rings (SSSR count). The van der Waals surface area contributed by atoms with Crippen LogP contribution in [0.5, 0.6) is 0 Å². The summed E-state index contributed by atoms with van der Waals surface area (Å²) in [6, 6.07) is 0. The summed E-state index contributed by atoms with van der Waals surface area (Å²) in [6.07, 6.45) is 6.82. The summed E-state index contributed by atoms with van der Waals surface area (Å²) < 4.78 is 0. The van der Waals surface area contributed by atoms with Gasteiger partial charge in [0.05, 0.1) is 0 Å². The van der Waals surface area contributed by atoms with Gasteiger partial charge in [0, 0.05) is 0 Å². The summed E-state index contributed by atoms with van der Waals surface area (Å²) in [5.41, 5.74) is 0.583. The first-order valence-electron chi connectivity index (χ1n) is 4.46. The van der Waals surface area contributed by atoms with E-state index in [2.05, 4.69) is 20.8 Å². The summed E-state index contributed by atoms with van der Waals surface area (Å²) in [6.45, 7) is 8.79. The first-order chi connectivity index (χ1) is 4.67. The minimum atomic E-state index is 0. The van der Waals surface area contributed by atoms with Crippen LogP contribution in [0.15, 0.2) is 0 Å². The Morgan fingerprint density at radius 1 is 1.33 bits per heavy atom. The first-order valence-corrected chi connectivity index (χ1v) is 4.46. The Morgan fingerprint density at radius 2 is 1.92 bits per heavy atom. The third kappa shape index (κ3) is 3.48. The zero-order chi connectivity index (χ0) is 7.61. The summed E-state index contributed by atoms with van der Waals surface area (Å²) in [7, 11) is 0. The molecule has 1 radical (unpaired) electrons. The molecule has 0 N–H and O–H groups in total. The van der Waals surface area contributed by atoms with Crippen LogP contribution in [0, 0.1) is 25.7 Å². The molecule has 0 aromatic heterocycles. The van der Waals surface area contributed by atoms with Gasteiger partial charge in [0.2, 0.25) is 0 Å². The molecule has 1 unspecified atom stereocenters. The molecule has 1 aliphatic carbocycles. The second-order valence-electron chi connectivity index (χ2n) is 4.22. The van der Waals surface area contributed by atoms with Gasteiger partial charge in [-0.3, -0.25) is 0 Å². The van der Waals surface area contributed by atoms with E-state index in [9.17, 15) is 0 Å². The second kappa shape index (κ2) is 6.04. The van der Waals surface area contributed by atoms with Crippen molar-refractivity contribution in [1.29, 1.82) is 0 Å². The molecular formula is C11H22Co. The van der Waals surface area contributed by atoms with E-state index >= 15 is 0 Å². The van der Waals surface area contributed by atoms with E-state index in [1.807, 2.05) is 0 Å². The fourth-order valence-electron chi connectivity index (χ4n) is 2.10. The van der Waals surface area contributed by atoms with Crippen LogP contribution in [0.1, 0.15) is 46.0 Å². The molecule has 0 bridgehead atoms. The average molecular weight is 213 g/mol. The molecule has 0 aromatic carbocycles. The van der Waals surface area contributed by atoms with Gasteiger partial charge in [-0.05, 0) is 11.8 Å². The number of rotatable bonds is 1. The Kier molecular flexibility index (Phi) is 7.54. The smallest absolute Gasteiger partial charge is 0.358 e. The van der Waals surface area contributed by atoms with Crippen LogP contribution in [0.2, 0.25) is 0 Å². The molecular weight excluding hydrogens is 191 g/mol. The molecule has 0 nitrogen and oxygen atoms in total. The molecule has 0 saturated heterocycles. The molecule has 1 fully saturated rings. The van der Waals surface area contributed by atoms with Gasteiger partial charge >= 0.3 is 16.8 Å². The largest absolute Gasteiger partial charge is 2.00 e. The monoisotopic (exact) mass is 213 g/mol. The SMILES string of the molecule is [CH2-]CC1CCCCC1(C)C.[CH3-].[Co+2]. The molecule has 1 heteroatoms. The summed E-state index contributed by atoms with van der Waals surface area (Å²) in [4.78, 5) is 0. The fourth-order valence-corrected chi connectivity index (χ4v) is 2.10. The van der Waals surface area contributed by atoms with Crippen LogP contribution in [0.4, 0.5) is 0 Å². The Balaban J connectivity index is 0. The van der Waals surface area contributed by atoms with Crippen molar-refractivity contribution in [3.63, 3.8) is 0 Å². The molecule has 1 aliphatic rings. The number of hydrogen-bond donors (Lipinski definition) is 0. The minimum absolute atomic E-state index is 0. The van der Waals surface area contributed by atoms with Crippen LogP contribution >= 0.6 is 0 Å². The Labute approximate surface area is 88.7 Å². The van der Waals surface area contributed by atoms with Crippen molar-refractivity contribution in [3.05, 3.63) is 14.4 Å². The average Bonchev–Trinajstić information content (AvgIpc) is 1.87. The summed E-state index contributed by atoms with van der Waals surface area (Å²) in [5.74, 6) is 0.890. The maximum atomic E-state index is 4.00. The van der Waals surface area contributed by atoms with Crippen molar-refractivity contribution < 1.29 is 16.8 Å². The van der Waals surface area contributed by atoms with Crippen LogP contribution in [-0.2, 0) is 16.8 Å². The van der Waals surface area contributed by atoms with E-state index in [4.69, 9.17) is 0 Å². The zero-order valence-electron chi connectivity index (χ0n) is 8.65. The van der Waals surface area contributed by atoms with Gasteiger partial charge in [0.15, 0.2) is 0 Å². The molecule has 0 heterocycles. The van der Waals surface area contributed by atoms with Gasteiger partial charge in [0.1, 0.15) is 0 Å².